The number of H-pyrrole nitrogens is 2. The molecule has 0 aliphatic heterocycles. The molecule has 182 valence electrons. The van der Waals surface area contributed by atoms with Crippen LogP contribution >= 0.6 is 8.25 Å². The molecule has 0 aromatic carbocycles. The van der Waals surface area contributed by atoms with Gasteiger partial charge in [0.05, 0.1) is 25.9 Å². The van der Waals surface area contributed by atoms with Crippen LogP contribution in [0.1, 0.15) is 0 Å². The van der Waals surface area contributed by atoms with Crippen molar-refractivity contribution < 1.29 is 23.1 Å². The standard InChI is InChI=1S/C16H21N10O7P/c17-15-21-11-9(13(27)23-15)19-5-25(11)1-3-30-7-32-34(29)33-8-31-4-2-26-6-20-10-12(26)22-16(18)24-14(10)28/h5-6,34H,1-4,7-8H2,(H3,17,21,23,27)(H3,18,22,24,28). The number of ether oxygens (including phenoxy) is 2. The summed E-state index contributed by atoms with van der Waals surface area (Å²) >= 11 is 0. The Balaban J connectivity index is 1.11. The first kappa shape index (κ1) is 23.5. The number of fused-ring (bicyclic) bond motifs is 2. The number of hydrogen-bond donors (Lipinski definition) is 4. The van der Waals surface area contributed by atoms with Crippen LogP contribution in [0.15, 0.2) is 22.2 Å². The molecule has 0 atom stereocenters. The second kappa shape index (κ2) is 10.5. The molecule has 0 unspecified atom stereocenters. The molecule has 0 fully saturated rings. The third kappa shape index (κ3) is 5.46. The van der Waals surface area contributed by atoms with Crippen LogP contribution in [0.3, 0.4) is 0 Å². The minimum atomic E-state index is -2.83. The highest BCUT2D eigenvalue weighted by atomic mass is 31.1. The molecule has 4 aromatic rings. The summed E-state index contributed by atoms with van der Waals surface area (Å²) < 4.78 is 35.4. The number of anilines is 2. The van der Waals surface area contributed by atoms with Crippen LogP contribution in [-0.2, 0) is 36.2 Å². The highest BCUT2D eigenvalue weighted by Gasteiger charge is 2.10. The quantitative estimate of drug-likeness (QED) is 0.102. The first-order chi connectivity index (χ1) is 16.4. The first-order valence-corrected chi connectivity index (χ1v) is 11.0. The van der Waals surface area contributed by atoms with E-state index in [1.165, 1.54) is 12.7 Å². The Morgan fingerprint density at radius 3 is 1.71 bits per heavy atom. The van der Waals surface area contributed by atoms with Gasteiger partial charge in [-0.25, -0.2) is 9.97 Å². The minimum Gasteiger partial charge on any atom is -0.369 e. The van der Waals surface area contributed by atoms with Gasteiger partial charge in [-0.1, -0.05) is 0 Å². The number of hydrogen-bond acceptors (Lipinski definition) is 13. The molecule has 0 spiro atoms. The predicted molar refractivity (Wildman–Crippen MR) is 118 cm³/mol. The zero-order valence-electron chi connectivity index (χ0n) is 17.6. The van der Waals surface area contributed by atoms with E-state index < -0.39 is 19.4 Å². The van der Waals surface area contributed by atoms with E-state index in [9.17, 15) is 14.2 Å². The van der Waals surface area contributed by atoms with E-state index in [4.69, 9.17) is 30.0 Å². The summed E-state index contributed by atoms with van der Waals surface area (Å²) in [5, 5.41) is 0. The van der Waals surface area contributed by atoms with E-state index >= 15 is 0 Å². The highest BCUT2D eigenvalue weighted by Crippen LogP contribution is 2.23. The Kier molecular flexibility index (Phi) is 7.29. The zero-order chi connectivity index (χ0) is 24.1. The molecule has 0 saturated heterocycles. The largest absolute Gasteiger partial charge is 0.369 e. The van der Waals surface area contributed by atoms with Crippen molar-refractivity contribution in [3.05, 3.63) is 33.4 Å². The molecule has 0 bridgehead atoms. The van der Waals surface area contributed by atoms with Gasteiger partial charge < -0.3 is 30.1 Å². The van der Waals surface area contributed by atoms with Gasteiger partial charge in [0.15, 0.2) is 35.9 Å². The summed E-state index contributed by atoms with van der Waals surface area (Å²) in [5.74, 6) is -0.0343. The monoisotopic (exact) mass is 496 g/mol. The van der Waals surface area contributed by atoms with Gasteiger partial charge in [-0.2, -0.15) is 9.97 Å². The lowest BCUT2D eigenvalue weighted by Crippen LogP contribution is -2.13. The zero-order valence-corrected chi connectivity index (χ0v) is 18.6. The highest BCUT2D eigenvalue weighted by molar-refractivity contribution is 7.33. The van der Waals surface area contributed by atoms with Crippen LogP contribution in [0.5, 0.6) is 0 Å². The fraction of sp³-hybridized carbons (Fsp3) is 0.375. The maximum Gasteiger partial charge on any atom is 0.323 e. The molecule has 18 heteroatoms. The van der Waals surface area contributed by atoms with Crippen molar-refractivity contribution in [3.63, 3.8) is 0 Å². The van der Waals surface area contributed by atoms with Crippen molar-refractivity contribution in [2.45, 2.75) is 13.1 Å². The normalized spacial score (nSPS) is 11.8. The molecule has 4 rings (SSSR count). The van der Waals surface area contributed by atoms with Crippen LogP contribution < -0.4 is 22.6 Å². The number of nitrogens with one attached hydrogen (secondary N) is 2. The fourth-order valence-electron chi connectivity index (χ4n) is 2.93. The van der Waals surface area contributed by atoms with Crippen LogP contribution in [0.2, 0.25) is 0 Å². The lowest BCUT2D eigenvalue weighted by molar-refractivity contribution is -0.0205. The number of nitrogens with two attached hydrogens (primary N) is 2. The summed E-state index contributed by atoms with van der Waals surface area (Å²) in [5.41, 5.74) is 11.2. The van der Waals surface area contributed by atoms with Crippen molar-refractivity contribution in [2.75, 3.05) is 38.3 Å². The van der Waals surface area contributed by atoms with Gasteiger partial charge >= 0.3 is 8.25 Å². The summed E-state index contributed by atoms with van der Waals surface area (Å²) in [7, 11) is -2.83. The lowest BCUT2D eigenvalue weighted by Gasteiger charge is -2.08. The second-order valence-corrected chi connectivity index (χ2v) is 7.79. The Hall–Kier alpha value is -3.63. The fourth-order valence-corrected chi connectivity index (χ4v) is 3.38. The molecule has 0 radical (unpaired) electrons. The van der Waals surface area contributed by atoms with Crippen molar-refractivity contribution >= 4 is 42.5 Å². The number of rotatable bonds is 12. The molecule has 4 heterocycles. The maximum atomic E-state index is 11.8. The maximum absolute atomic E-state index is 11.8. The number of nitrogen functional groups attached to an aromatic ring is 2. The molecule has 17 nitrogen and oxygen atoms in total. The Labute approximate surface area is 190 Å². The molecular formula is C16H21N10O7P. The molecular weight excluding hydrogens is 475 g/mol. The third-order valence-electron chi connectivity index (χ3n) is 4.46. The van der Waals surface area contributed by atoms with Crippen LogP contribution in [0, 0.1) is 0 Å². The van der Waals surface area contributed by atoms with E-state index in [0.717, 1.165) is 0 Å². The van der Waals surface area contributed by atoms with Crippen LogP contribution in [0.4, 0.5) is 11.9 Å². The molecule has 0 aliphatic carbocycles. The smallest absolute Gasteiger partial charge is 0.323 e. The number of nitrogens with zero attached hydrogens (tertiary/aromatic N) is 6. The average molecular weight is 496 g/mol. The molecule has 6 N–H and O–H groups in total. The third-order valence-corrected chi connectivity index (χ3v) is 5.17. The van der Waals surface area contributed by atoms with Crippen molar-refractivity contribution in [1.29, 1.82) is 0 Å². The van der Waals surface area contributed by atoms with Crippen molar-refractivity contribution in [1.82, 2.24) is 39.0 Å². The van der Waals surface area contributed by atoms with Gasteiger partial charge in [-0.05, 0) is 0 Å². The predicted octanol–water partition coefficient (Wildman–Crippen LogP) is -1.21. The van der Waals surface area contributed by atoms with Gasteiger partial charge in [0.1, 0.15) is 0 Å². The van der Waals surface area contributed by atoms with E-state index in [-0.39, 0.29) is 49.7 Å². The van der Waals surface area contributed by atoms with Gasteiger partial charge in [0, 0.05) is 13.1 Å². The molecule has 0 amide bonds. The lowest BCUT2D eigenvalue weighted by atomic mass is 10.5. The van der Waals surface area contributed by atoms with Gasteiger partial charge in [0.25, 0.3) is 11.1 Å². The van der Waals surface area contributed by atoms with Crippen molar-refractivity contribution in [2.24, 2.45) is 0 Å². The molecule has 4 aromatic heterocycles. The Morgan fingerprint density at radius 1 is 0.824 bits per heavy atom. The summed E-state index contributed by atoms with van der Waals surface area (Å²) in [4.78, 5) is 44.3. The van der Waals surface area contributed by atoms with E-state index in [1.807, 2.05) is 0 Å². The second-order valence-electron chi connectivity index (χ2n) is 6.71. The van der Waals surface area contributed by atoms with Crippen LogP contribution in [-0.4, -0.2) is 65.8 Å². The number of aromatic amines is 2. The SMILES string of the molecule is Nc1nc2c(ncn2CCOCO[PH](=O)OCOCCn2cnc3c(=O)[nH]c(N)nc32)c(=O)[nH]1. The summed E-state index contributed by atoms with van der Waals surface area (Å²) in [6, 6.07) is 0. The molecule has 0 saturated carbocycles. The van der Waals surface area contributed by atoms with Gasteiger partial charge in [-0.15, -0.1) is 0 Å². The van der Waals surface area contributed by atoms with Gasteiger partial charge in [0.2, 0.25) is 11.9 Å². The Morgan fingerprint density at radius 2 is 1.26 bits per heavy atom. The number of imidazole rings is 2. The van der Waals surface area contributed by atoms with E-state index in [0.29, 0.717) is 24.4 Å². The topological polar surface area (TPSA) is 233 Å². The minimum absolute atomic E-state index is 0.0172. The van der Waals surface area contributed by atoms with Gasteiger partial charge in [-0.3, -0.25) is 33.2 Å². The summed E-state index contributed by atoms with van der Waals surface area (Å²) in [6.45, 7) is 0.426. The Bertz CT molecular complexity index is 1320. The average Bonchev–Trinajstić information content (AvgIpc) is 3.38. The van der Waals surface area contributed by atoms with E-state index in [2.05, 4.69) is 29.9 Å². The van der Waals surface area contributed by atoms with Crippen molar-refractivity contribution in [3.8, 4) is 0 Å². The first-order valence-electron chi connectivity index (χ1n) is 9.78. The molecule has 0 aliphatic rings. The summed E-state index contributed by atoms with van der Waals surface area (Å²) in [6.07, 6.45) is 2.88. The van der Waals surface area contributed by atoms with E-state index in [1.54, 1.807) is 9.13 Å². The van der Waals surface area contributed by atoms with Crippen LogP contribution in [0.25, 0.3) is 22.3 Å². The molecule has 34 heavy (non-hydrogen) atoms. The number of aromatic nitrogens is 8.